The van der Waals surface area contributed by atoms with E-state index in [9.17, 15) is 14.4 Å². The molecule has 29 heavy (non-hydrogen) atoms. The number of thiazole rings is 1. The molecule has 0 radical (unpaired) electrons. The van der Waals surface area contributed by atoms with Crippen LogP contribution in [0.5, 0.6) is 0 Å². The number of aromatic nitrogens is 5. The van der Waals surface area contributed by atoms with Crippen LogP contribution in [0.25, 0.3) is 21.4 Å². The molecule has 0 bridgehead atoms. The predicted molar refractivity (Wildman–Crippen MR) is 109 cm³/mol. The van der Waals surface area contributed by atoms with Gasteiger partial charge in [-0.2, -0.15) is 0 Å². The maximum Gasteiger partial charge on any atom is 0.327 e. The second-order valence-electron chi connectivity index (χ2n) is 6.63. The molecule has 10 nitrogen and oxygen atoms in total. The van der Waals surface area contributed by atoms with Crippen LogP contribution in [0, 0.1) is 0 Å². The molecule has 0 saturated carbocycles. The molecule has 2 N–H and O–H groups in total. The molecule has 1 fully saturated rings. The maximum atomic E-state index is 12.9. The van der Waals surface area contributed by atoms with Gasteiger partial charge in [0, 0.05) is 38.6 Å². The second-order valence-corrected chi connectivity index (χ2v) is 7.59. The van der Waals surface area contributed by atoms with Gasteiger partial charge in [0.25, 0.3) is 11.5 Å². The van der Waals surface area contributed by atoms with Crippen LogP contribution in [-0.2, 0) is 0 Å². The summed E-state index contributed by atoms with van der Waals surface area (Å²) in [4.78, 5) is 58.5. The fourth-order valence-electron chi connectivity index (χ4n) is 3.34. The maximum absolute atomic E-state index is 12.9. The molecule has 11 heteroatoms. The summed E-state index contributed by atoms with van der Waals surface area (Å²) in [6.45, 7) is 2.37. The fourth-order valence-corrected chi connectivity index (χ4v) is 4.30. The Morgan fingerprint density at radius 3 is 2.72 bits per heavy atom. The Morgan fingerprint density at radius 1 is 1.10 bits per heavy atom. The van der Waals surface area contributed by atoms with Gasteiger partial charge in [-0.1, -0.05) is 11.3 Å². The molecule has 1 saturated heterocycles. The van der Waals surface area contributed by atoms with Gasteiger partial charge in [-0.15, -0.1) is 0 Å². The third-order valence-electron chi connectivity index (χ3n) is 4.83. The lowest BCUT2D eigenvalue weighted by molar-refractivity contribution is 0.0746. The standard InChI is InChI=1S/C18H15N7O3S/c26-14-11-8-10(9-20-13(11)22-17(28)23-14)16(27)24-4-6-25(7-5-24)18-21-12-2-1-3-19-15(12)29-18/h1-3,8-9H,4-7H2,(H2,20,22,23,26,28). The minimum atomic E-state index is -0.629. The molecule has 0 aromatic carbocycles. The van der Waals surface area contributed by atoms with Gasteiger partial charge in [-0.05, 0) is 18.2 Å². The largest absolute Gasteiger partial charge is 0.344 e. The summed E-state index contributed by atoms with van der Waals surface area (Å²) in [7, 11) is 0. The number of carbonyl (C=O) groups excluding carboxylic acids is 1. The Balaban J connectivity index is 1.34. The summed E-state index contributed by atoms with van der Waals surface area (Å²) >= 11 is 1.54. The number of aromatic amines is 2. The van der Waals surface area contributed by atoms with Gasteiger partial charge in [0.15, 0.2) is 5.13 Å². The van der Waals surface area contributed by atoms with Gasteiger partial charge in [-0.3, -0.25) is 19.6 Å². The minimum absolute atomic E-state index is 0.157. The Hall–Kier alpha value is -3.60. The van der Waals surface area contributed by atoms with E-state index in [2.05, 4.69) is 29.8 Å². The number of amides is 1. The van der Waals surface area contributed by atoms with Crippen LogP contribution in [0.3, 0.4) is 0 Å². The third-order valence-corrected chi connectivity index (χ3v) is 5.87. The van der Waals surface area contributed by atoms with E-state index in [1.807, 2.05) is 12.1 Å². The molecule has 0 unspecified atom stereocenters. The smallest absolute Gasteiger partial charge is 0.327 e. The van der Waals surface area contributed by atoms with Crippen molar-refractivity contribution in [3.05, 3.63) is 57.0 Å². The Bertz CT molecular complexity index is 1320. The van der Waals surface area contributed by atoms with Crippen LogP contribution in [0.4, 0.5) is 5.13 Å². The SMILES string of the molecule is O=C(c1cnc2[nH]c(=O)[nH]c(=O)c2c1)N1CCN(c2nc3cccnc3s2)CC1. The molecule has 1 amide bonds. The number of hydrogen-bond acceptors (Lipinski definition) is 8. The number of hydrogen-bond donors (Lipinski definition) is 2. The molecule has 4 aromatic heterocycles. The van der Waals surface area contributed by atoms with Gasteiger partial charge in [0.1, 0.15) is 16.0 Å². The first-order valence-electron chi connectivity index (χ1n) is 8.96. The number of nitrogens with zero attached hydrogens (tertiary/aromatic N) is 5. The first kappa shape index (κ1) is 17.5. The fraction of sp³-hybridized carbons (Fsp3) is 0.222. The lowest BCUT2D eigenvalue weighted by Crippen LogP contribution is -2.48. The van der Waals surface area contributed by atoms with Crippen molar-refractivity contribution in [3.8, 4) is 0 Å². The predicted octanol–water partition coefficient (Wildman–Crippen LogP) is 0.578. The second kappa shape index (κ2) is 6.78. The van der Waals surface area contributed by atoms with Crippen molar-refractivity contribution < 1.29 is 4.79 Å². The van der Waals surface area contributed by atoms with Crippen LogP contribution >= 0.6 is 11.3 Å². The summed E-state index contributed by atoms with van der Waals surface area (Å²) in [5.41, 5.74) is 0.143. The van der Waals surface area contributed by atoms with Crippen LogP contribution in [-0.4, -0.2) is 61.9 Å². The molecular weight excluding hydrogens is 394 g/mol. The Kier molecular flexibility index (Phi) is 4.09. The van der Waals surface area contributed by atoms with Crippen LogP contribution in [0.1, 0.15) is 10.4 Å². The number of anilines is 1. The van der Waals surface area contributed by atoms with Crippen LogP contribution < -0.4 is 16.1 Å². The number of rotatable bonds is 2. The number of carbonyl (C=O) groups is 1. The lowest BCUT2D eigenvalue weighted by atomic mass is 10.2. The number of nitrogens with one attached hydrogen (secondary N) is 2. The van der Waals surface area contributed by atoms with E-state index in [4.69, 9.17) is 0 Å². The highest BCUT2D eigenvalue weighted by atomic mass is 32.1. The lowest BCUT2D eigenvalue weighted by Gasteiger charge is -2.34. The Morgan fingerprint density at radius 2 is 1.93 bits per heavy atom. The zero-order valence-electron chi connectivity index (χ0n) is 15.1. The molecule has 4 aromatic rings. The molecule has 1 aliphatic heterocycles. The molecule has 0 atom stereocenters. The number of pyridine rings is 2. The minimum Gasteiger partial charge on any atom is -0.344 e. The van der Waals surface area contributed by atoms with Crippen molar-refractivity contribution >= 4 is 43.8 Å². The van der Waals surface area contributed by atoms with E-state index >= 15 is 0 Å². The summed E-state index contributed by atoms with van der Waals surface area (Å²) < 4.78 is 0. The van der Waals surface area contributed by atoms with Crippen molar-refractivity contribution in [3.63, 3.8) is 0 Å². The summed E-state index contributed by atoms with van der Waals surface area (Å²) in [6.07, 6.45) is 3.13. The average Bonchev–Trinajstić information content (AvgIpc) is 3.17. The molecule has 0 aliphatic carbocycles. The van der Waals surface area contributed by atoms with Crippen molar-refractivity contribution in [2.45, 2.75) is 0 Å². The van der Waals surface area contributed by atoms with E-state index in [0.29, 0.717) is 31.7 Å². The van der Waals surface area contributed by atoms with E-state index < -0.39 is 11.2 Å². The number of H-pyrrole nitrogens is 2. The summed E-state index contributed by atoms with van der Waals surface area (Å²) in [5.74, 6) is -0.199. The molecule has 5 heterocycles. The topological polar surface area (TPSA) is 128 Å². The molecular formula is C18H15N7O3S. The molecule has 5 rings (SSSR count). The quantitative estimate of drug-likeness (QED) is 0.496. The monoisotopic (exact) mass is 409 g/mol. The van der Waals surface area contributed by atoms with Crippen molar-refractivity contribution in [1.29, 1.82) is 0 Å². The van der Waals surface area contributed by atoms with Gasteiger partial charge in [0.2, 0.25) is 0 Å². The highest BCUT2D eigenvalue weighted by Crippen LogP contribution is 2.27. The van der Waals surface area contributed by atoms with E-state index in [1.165, 1.54) is 23.6 Å². The zero-order valence-corrected chi connectivity index (χ0v) is 15.9. The molecule has 146 valence electrons. The zero-order chi connectivity index (χ0) is 20.0. The van der Waals surface area contributed by atoms with E-state index in [1.54, 1.807) is 11.1 Å². The normalized spacial score (nSPS) is 14.6. The first-order chi connectivity index (χ1) is 14.1. The van der Waals surface area contributed by atoms with Gasteiger partial charge in [0.05, 0.1) is 10.9 Å². The summed E-state index contributed by atoms with van der Waals surface area (Å²) in [6, 6.07) is 5.26. The first-order valence-corrected chi connectivity index (χ1v) is 9.78. The van der Waals surface area contributed by atoms with Crippen molar-refractivity contribution in [1.82, 2.24) is 29.8 Å². The highest BCUT2D eigenvalue weighted by molar-refractivity contribution is 7.21. The summed E-state index contributed by atoms with van der Waals surface area (Å²) in [5, 5.41) is 1.07. The van der Waals surface area contributed by atoms with Gasteiger partial charge >= 0.3 is 5.69 Å². The van der Waals surface area contributed by atoms with Gasteiger partial charge in [-0.25, -0.2) is 19.7 Å². The highest BCUT2D eigenvalue weighted by Gasteiger charge is 2.24. The molecule has 1 aliphatic rings. The van der Waals surface area contributed by atoms with Crippen LogP contribution in [0.15, 0.2) is 40.2 Å². The molecule has 0 spiro atoms. The van der Waals surface area contributed by atoms with Crippen molar-refractivity contribution in [2.75, 3.05) is 31.1 Å². The van der Waals surface area contributed by atoms with E-state index in [-0.39, 0.29) is 16.9 Å². The third kappa shape index (κ3) is 3.14. The number of fused-ring (bicyclic) bond motifs is 2. The average molecular weight is 409 g/mol. The number of piperazine rings is 1. The van der Waals surface area contributed by atoms with Gasteiger partial charge < -0.3 is 9.80 Å². The van der Waals surface area contributed by atoms with Crippen molar-refractivity contribution in [2.24, 2.45) is 0 Å². The van der Waals surface area contributed by atoms with E-state index in [0.717, 1.165) is 15.5 Å². The Labute approximate surface area is 166 Å². The van der Waals surface area contributed by atoms with Crippen LogP contribution in [0.2, 0.25) is 0 Å².